The van der Waals surface area contributed by atoms with E-state index in [1.165, 1.54) is 27.8 Å². The third kappa shape index (κ3) is 3.65. The van der Waals surface area contributed by atoms with Gasteiger partial charge in [0.1, 0.15) is 11.6 Å². The quantitative estimate of drug-likeness (QED) is 0.384. The maximum atomic E-state index is 6.04. The van der Waals surface area contributed by atoms with Gasteiger partial charge in [0.05, 0.1) is 17.6 Å². The highest BCUT2D eigenvalue weighted by molar-refractivity contribution is 5.81. The van der Waals surface area contributed by atoms with E-state index in [0.717, 1.165) is 30.1 Å². The van der Waals surface area contributed by atoms with Gasteiger partial charge in [0, 0.05) is 12.1 Å². The monoisotopic (exact) mass is 370 g/mol. The zero-order valence-corrected chi connectivity index (χ0v) is 16.8. The highest BCUT2D eigenvalue weighted by atomic mass is 16.5. The van der Waals surface area contributed by atoms with Gasteiger partial charge in [-0.15, -0.1) is 0 Å². The van der Waals surface area contributed by atoms with Crippen LogP contribution in [0, 0.1) is 20.8 Å². The molecule has 28 heavy (non-hydrogen) atoms. The van der Waals surface area contributed by atoms with Gasteiger partial charge < -0.3 is 9.30 Å². The van der Waals surface area contributed by atoms with Crippen LogP contribution in [-0.4, -0.2) is 16.2 Å². The molecule has 1 heterocycles. The maximum Gasteiger partial charge on any atom is 0.141 e. The molecule has 0 aliphatic heterocycles. The number of hydrogen-bond donors (Lipinski definition) is 0. The Labute approximate surface area is 166 Å². The van der Waals surface area contributed by atoms with Gasteiger partial charge in [0.15, 0.2) is 0 Å². The van der Waals surface area contributed by atoms with Crippen molar-refractivity contribution >= 4 is 11.0 Å². The zero-order chi connectivity index (χ0) is 19.5. The summed E-state index contributed by atoms with van der Waals surface area (Å²) in [4.78, 5) is 4.93. The molecule has 0 fully saturated rings. The van der Waals surface area contributed by atoms with Crippen molar-refractivity contribution < 1.29 is 4.74 Å². The predicted molar refractivity (Wildman–Crippen MR) is 116 cm³/mol. The average molecular weight is 370 g/mol. The van der Waals surface area contributed by atoms with E-state index in [2.05, 4.69) is 86.0 Å². The van der Waals surface area contributed by atoms with E-state index < -0.39 is 0 Å². The van der Waals surface area contributed by atoms with E-state index in [4.69, 9.17) is 9.72 Å². The average Bonchev–Trinajstić information content (AvgIpc) is 3.05. The lowest BCUT2D eigenvalue weighted by atomic mass is 10.1. The van der Waals surface area contributed by atoms with Crippen molar-refractivity contribution in [3.05, 3.63) is 83.4 Å². The van der Waals surface area contributed by atoms with E-state index in [-0.39, 0.29) is 0 Å². The first-order valence-electron chi connectivity index (χ1n) is 9.85. The lowest BCUT2D eigenvalue weighted by Gasteiger charge is -2.13. The molecular formula is C25H26N2O. The van der Waals surface area contributed by atoms with Gasteiger partial charge in [-0.2, -0.15) is 0 Å². The summed E-state index contributed by atoms with van der Waals surface area (Å²) in [6, 6.07) is 23.1. The molecule has 0 radical (unpaired) electrons. The Morgan fingerprint density at radius 3 is 2.46 bits per heavy atom. The van der Waals surface area contributed by atoms with E-state index in [9.17, 15) is 0 Å². The fraction of sp³-hybridized carbons (Fsp3) is 0.240. The summed E-state index contributed by atoms with van der Waals surface area (Å²) in [5, 5.41) is 0. The van der Waals surface area contributed by atoms with Crippen molar-refractivity contribution in [2.24, 2.45) is 0 Å². The Morgan fingerprint density at radius 2 is 1.64 bits per heavy atom. The molecule has 3 nitrogen and oxygen atoms in total. The van der Waals surface area contributed by atoms with Crippen LogP contribution in [0.1, 0.15) is 23.1 Å². The normalized spacial score (nSPS) is 11.1. The number of hydrogen-bond acceptors (Lipinski definition) is 2. The SMILES string of the molecule is Cc1ccc(OCCCn2c(-c3ccccc3C)nc3ccccc32)c(C)c1. The number of rotatable bonds is 6. The minimum absolute atomic E-state index is 0.684. The van der Waals surface area contributed by atoms with Crippen molar-refractivity contribution in [1.29, 1.82) is 0 Å². The second-order valence-corrected chi connectivity index (χ2v) is 7.36. The number of imidazole rings is 1. The van der Waals surface area contributed by atoms with Crippen LogP contribution in [0.2, 0.25) is 0 Å². The molecule has 3 aromatic carbocycles. The molecule has 0 amide bonds. The van der Waals surface area contributed by atoms with Crippen LogP contribution in [0.4, 0.5) is 0 Å². The number of para-hydroxylation sites is 2. The molecule has 0 N–H and O–H groups in total. The van der Waals surface area contributed by atoms with E-state index >= 15 is 0 Å². The van der Waals surface area contributed by atoms with Crippen molar-refractivity contribution in [3.63, 3.8) is 0 Å². The standard InChI is InChI=1S/C25H26N2O/c1-18-13-14-24(20(3)17-18)28-16-8-15-27-23-12-7-6-11-22(23)26-25(27)21-10-5-4-9-19(21)2/h4-7,9-14,17H,8,15-16H2,1-3H3. The van der Waals surface area contributed by atoms with Gasteiger partial charge in [-0.05, 0) is 56.5 Å². The first-order chi connectivity index (χ1) is 13.6. The Hall–Kier alpha value is -3.07. The molecule has 3 heteroatoms. The van der Waals surface area contributed by atoms with Crippen molar-refractivity contribution in [3.8, 4) is 17.1 Å². The third-order valence-electron chi connectivity index (χ3n) is 5.15. The van der Waals surface area contributed by atoms with Crippen LogP contribution >= 0.6 is 0 Å². The van der Waals surface area contributed by atoms with Gasteiger partial charge in [-0.3, -0.25) is 0 Å². The van der Waals surface area contributed by atoms with Gasteiger partial charge in [0.25, 0.3) is 0 Å². The molecule has 0 aliphatic rings. The summed E-state index contributed by atoms with van der Waals surface area (Å²) in [6.07, 6.45) is 0.923. The lowest BCUT2D eigenvalue weighted by molar-refractivity contribution is 0.301. The summed E-state index contributed by atoms with van der Waals surface area (Å²) in [6.45, 7) is 7.90. The minimum atomic E-state index is 0.684. The Morgan fingerprint density at radius 1 is 0.857 bits per heavy atom. The molecule has 4 aromatic rings. The smallest absolute Gasteiger partial charge is 0.141 e. The van der Waals surface area contributed by atoms with Crippen molar-refractivity contribution in [2.45, 2.75) is 33.7 Å². The van der Waals surface area contributed by atoms with Crippen LogP contribution in [-0.2, 0) is 6.54 Å². The second-order valence-electron chi connectivity index (χ2n) is 7.36. The third-order valence-corrected chi connectivity index (χ3v) is 5.15. The fourth-order valence-corrected chi connectivity index (χ4v) is 3.70. The molecule has 0 aliphatic carbocycles. The van der Waals surface area contributed by atoms with E-state index in [1.54, 1.807) is 0 Å². The Kier molecular flexibility index (Phi) is 5.16. The van der Waals surface area contributed by atoms with Gasteiger partial charge in [-0.1, -0.05) is 54.1 Å². The summed E-state index contributed by atoms with van der Waals surface area (Å²) >= 11 is 0. The summed E-state index contributed by atoms with van der Waals surface area (Å²) in [5.41, 5.74) is 7.09. The predicted octanol–water partition coefficient (Wildman–Crippen LogP) is 6.10. The van der Waals surface area contributed by atoms with Crippen molar-refractivity contribution in [1.82, 2.24) is 9.55 Å². The number of nitrogens with zero attached hydrogens (tertiary/aromatic N) is 2. The number of fused-ring (bicyclic) bond motifs is 1. The van der Waals surface area contributed by atoms with Crippen molar-refractivity contribution in [2.75, 3.05) is 6.61 Å². The highest BCUT2D eigenvalue weighted by Gasteiger charge is 2.13. The van der Waals surface area contributed by atoms with Gasteiger partial charge in [0.2, 0.25) is 0 Å². The zero-order valence-electron chi connectivity index (χ0n) is 16.8. The lowest BCUT2D eigenvalue weighted by Crippen LogP contribution is -2.07. The largest absolute Gasteiger partial charge is 0.493 e. The molecule has 0 saturated heterocycles. The second kappa shape index (κ2) is 7.89. The Balaban J connectivity index is 1.56. The van der Waals surface area contributed by atoms with E-state index in [0.29, 0.717) is 6.61 Å². The molecule has 1 aromatic heterocycles. The summed E-state index contributed by atoms with van der Waals surface area (Å²) in [7, 11) is 0. The molecule has 0 bridgehead atoms. The molecule has 0 unspecified atom stereocenters. The molecule has 0 atom stereocenters. The molecule has 0 spiro atoms. The van der Waals surface area contributed by atoms with Crippen LogP contribution in [0.25, 0.3) is 22.4 Å². The molecular weight excluding hydrogens is 344 g/mol. The highest BCUT2D eigenvalue weighted by Crippen LogP contribution is 2.27. The van der Waals surface area contributed by atoms with Crippen LogP contribution < -0.4 is 4.74 Å². The van der Waals surface area contributed by atoms with E-state index in [1.807, 2.05) is 6.07 Å². The minimum Gasteiger partial charge on any atom is -0.493 e. The number of aryl methyl sites for hydroxylation is 4. The first-order valence-corrected chi connectivity index (χ1v) is 9.85. The summed E-state index contributed by atoms with van der Waals surface area (Å²) in [5.74, 6) is 2.01. The van der Waals surface area contributed by atoms with Gasteiger partial charge >= 0.3 is 0 Å². The molecule has 0 saturated carbocycles. The fourth-order valence-electron chi connectivity index (χ4n) is 3.70. The first kappa shape index (κ1) is 18.3. The number of benzene rings is 3. The molecule has 4 rings (SSSR count). The molecule has 142 valence electrons. The maximum absolute atomic E-state index is 6.04. The number of ether oxygens (including phenoxy) is 1. The summed E-state index contributed by atoms with van der Waals surface area (Å²) < 4.78 is 8.36. The Bertz CT molecular complexity index is 1110. The number of aromatic nitrogens is 2. The van der Waals surface area contributed by atoms with Crippen LogP contribution in [0.3, 0.4) is 0 Å². The van der Waals surface area contributed by atoms with Gasteiger partial charge in [-0.25, -0.2) is 4.98 Å². The van der Waals surface area contributed by atoms with Crippen LogP contribution in [0.5, 0.6) is 5.75 Å². The topological polar surface area (TPSA) is 27.1 Å². The van der Waals surface area contributed by atoms with Crippen LogP contribution in [0.15, 0.2) is 66.7 Å².